The second kappa shape index (κ2) is 4.54. The number of thiophene rings is 1. The molecule has 1 aromatic heterocycles. The molecular weight excluding hydrogens is 230 g/mol. The molecule has 2 aliphatic rings. The Balaban J connectivity index is 1.79. The molecule has 0 aromatic carbocycles. The molecule has 3 unspecified atom stereocenters. The monoisotopic (exact) mass is 249 g/mol. The van der Waals surface area contributed by atoms with Crippen molar-refractivity contribution in [1.29, 1.82) is 0 Å². The molecule has 0 saturated carbocycles. The summed E-state index contributed by atoms with van der Waals surface area (Å²) in [5.74, 6) is 1.37. The Hall–Kier alpha value is -0.670. The number of carbonyl (C=O) groups is 1. The van der Waals surface area contributed by atoms with Gasteiger partial charge in [-0.2, -0.15) is 0 Å². The summed E-state index contributed by atoms with van der Waals surface area (Å²) in [7, 11) is 0. The van der Waals surface area contributed by atoms with Crippen molar-refractivity contribution in [2.75, 3.05) is 6.54 Å². The summed E-state index contributed by atoms with van der Waals surface area (Å²) < 4.78 is 0. The average Bonchev–Trinajstić information content (AvgIpc) is 2.78. The first-order valence-corrected chi connectivity index (χ1v) is 7.47. The zero-order chi connectivity index (χ0) is 11.8. The first-order chi connectivity index (χ1) is 8.25. The van der Waals surface area contributed by atoms with Crippen molar-refractivity contribution in [3.05, 3.63) is 21.9 Å². The van der Waals surface area contributed by atoms with Crippen LogP contribution in [-0.2, 0) is 6.42 Å². The number of hydrogen-bond donors (Lipinski definition) is 1. The first kappa shape index (κ1) is 11.4. The Morgan fingerprint density at radius 1 is 1.41 bits per heavy atom. The van der Waals surface area contributed by atoms with Crippen molar-refractivity contribution >= 4 is 17.1 Å². The van der Waals surface area contributed by atoms with Crippen LogP contribution in [0.5, 0.6) is 0 Å². The molecule has 1 aromatic rings. The molecule has 0 bridgehead atoms. The molecule has 1 fully saturated rings. The van der Waals surface area contributed by atoms with Crippen molar-refractivity contribution in [3.63, 3.8) is 0 Å². The number of rotatable bonds is 1. The first-order valence-electron chi connectivity index (χ1n) is 6.59. The minimum Gasteiger partial charge on any atom is -0.313 e. The highest BCUT2D eigenvalue weighted by Crippen LogP contribution is 2.33. The third-order valence-corrected chi connectivity index (χ3v) is 5.20. The Morgan fingerprint density at radius 2 is 2.29 bits per heavy atom. The molecule has 1 aliphatic carbocycles. The predicted octanol–water partition coefficient (Wildman–Crippen LogP) is 2.88. The number of piperidine rings is 1. The quantitative estimate of drug-likeness (QED) is 0.829. The van der Waals surface area contributed by atoms with Crippen LogP contribution < -0.4 is 5.32 Å². The smallest absolute Gasteiger partial charge is 0.168 e. The van der Waals surface area contributed by atoms with Crippen molar-refractivity contribution < 1.29 is 4.79 Å². The van der Waals surface area contributed by atoms with Crippen LogP contribution in [0, 0.1) is 11.8 Å². The fraction of sp³-hybridized carbons (Fsp3) is 0.643. The summed E-state index contributed by atoms with van der Waals surface area (Å²) in [6.45, 7) is 3.38. The van der Waals surface area contributed by atoms with Gasteiger partial charge in [-0.05, 0) is 49.6 Å². The number of Topliss-reactive ketones (excluding diaryl/α,β-unsaturated/α-hetero) is 1. The molecule has 92 valence electrons. The van der Waals surface area contributed by atoms with Gasteiger partial charge in [-0.25, -0.2) is 0 Å². The van der Waals surface area contributed by atoms with Crippen LogP contribution in [0.2, 0.25) is 0 Å². The number of aryl methyl sites for hydroxylation is 1. The molecule has 17 heavy (non-hydrogen) atoms. The molecule has 1 N–H and O–H groups in total. The van der Waals surface area contributed by atoms with Gasteiger partial charge >= 0.3 is 0 Å². The second-order valence-corrected chi connectivity index (χ2v) is 6.46. The fourth-order valence-electron chi connectivity index (χ4n) is 3.21. The summed E-state index contributed by atoms with van der Waals surface area (Å²) in [4.78, 5) is 13.8. The topological polar surface area (TPSA) is 29.1 Å². The lowest BCUT2D eigenvalue weighted by Gasteiger charge is -2.35. The van der Waals surface area contributed by atoms with Crippen molar-refractivity contribution in [2.24, 2.45) is 11.8 Å². The molecule has 3 atom stereocenters. The van der Waals surface area contributed by atoms with Crippen LogP contribution in [0.15, 0.2) is 11.4 Å². The Kier molecular flexibility index (Phi) is 3.05. The predicted molar refractivity (Wildman–Crippen MR) is 70.6 cm³/mol. The van der Waals surface area contributed by atoms with Crippen LogP contribution in [0.1, 0.15) is 41.4 Å². The van der Waals surface area contributed by atoms with E-state index in [1.807, 2.05) is 6.07 Å². The fourth-order valence-corrected chi connectivity index (χ4v) is 4.11. The summed E-state index contributed by atoms with van der Waals surface area (Å²) in [6, 6.07) is 2.43. The number of fused-ring (bicyclic) bond motifs is 1. The largest absolute Gasteiger partial charge is 0.313 e. The van der Waals surface area contributed by atoms with Gasteiger partial charge in [-0.3, -0.25) is 4.79 Å². The Morgan fingerprint density at radius 3 is 3.12 bits per heavy atom. The van der Waals surface area contributed by atoms with Crippen molar-refractivity contribution in [3.8, 4) is 0 Å². The van der Waals surface area contributed by atoms with E-state index in [4.69, 9.17) is 0 Å². The van der Waals surface area contributed by atoms with Crippen LogP contribution >= 0.6 is 11.3 Å². The van der Waals surface area contributed by atoms with E-state index in [0.29, 0.717) is 11.8 Å². The van der Waals surface area contributed by atoms with E-state index in [9.17, 15) is 4.79 Å². The summed E-state index contributed by atoms with van der Waals surface area (Å²) in [5, 5.41) is 5.61. The SMILES string of the molecule is CC1CCNC(C2CCc3sccc3C2=O)C1. The van der Waals surface area contributed by atoms with E-state index in [1.165, 1.54) is 11.3 Å². The highest BCUT2D eigenvalue weighted by molar-refractivity contribution is 7.10. The molecule has 0 spiro atoms. The third-order valence-electron chi connectivity index (χ3n) is 4.22. The molecule has 3 rings (SSSR count). The van der Waals surface area contributed by atoms with Crippen LogP contribution in [0.3, 0.4) is 0 Å². The highest BCUT2D eigenvalue weighted by Gasteiger charge is 2.35. The number of carbonyl (C=O) groups excluding carboxylic acids is 1. The molecule has 1 aliphatic heterocycles. The number of nitrogens with one attached hydrogen (secondary N) is 1. The average molecular weight is 249 g/mol. The van der Waals surface area contributed by atoms with E-state index < -0.39 is 0 Å². The minimum atomic E-state index is 0.222. The van der Waals surface area contributed by atoms with Gasteiger partial charge in [0.25, 0.3) is 0 Å². The third kappa shape index (κ3) is 2.06. The van der Waals surface area contributed by atoms with E-state index >= 15 is 0 Å². The van der Waals surface area contributed by atoms with Crippen molar-refractivity contribution in [1.82, 2.24) is 5.32 Å². The van der Waals surface area contributed by atoms with E-state index in [1.54, 1.807) is 11.3 Å². The maximum Gasteiger partial charge on any atom is 0.168 e. The normalized spacial score (nSPS) is 33.5. The molecule has 0 amide bonds. The van der Waals surface area contributed by atoms with E-state index in [-0.39, 0.29) is 5.92 Å². The molecule has 2 nitrogen and oxygen atoms in total. The summed E-state index contributed by atoms with van der Waals surface area (Å²) >= 11 is 1.74. The summed E-state index contributed by atoms with van der Waals surface area (Å²) in [6.07, 6.45) is 4.55. The van der Waals surface area contributed by atoms with Gasteiger partial charge in [-0.1, -0.05) is 6.92 Å². The molecule has 2 heterocycles. The Bertz CT molecular complexity index is 426. The van der Waals surface area contributed by atoms with Crippen molar-refractivity contribution in [2.45, 2.75) is 38.6 Å². The lowest BCUT2D eigenvalue weighted by atomic mass is 9.77. The zero-order valence-corrected chi connectivity index (χ0v) is 11.1. The summed E-state index contributed by atoms with van der Waals surface area (Å²) in [5.41, 5.74) is 1.01. The van der Waals surface area contributed by atoms with E-state index in [0.717, 1.165) is 37.3 Å². The van der Waals surface area contributed by atoms with Crippen LogP contribution in [-0.4, -0.2) is 18.4 Å². The standard InChI is InChI=1S/C14H19NOS/c1-9-4-6-15-12(8-9)10-2-3-13-11(14(10)16)5-7-17-13/h5,7,9-10,12,15H,2-4,6,8H2,1H3. The molecule has 3 heteroatoms. The second-order valence-electron chi connectivity index (χ2n) is 5.46. The molecule has 1 saturated heterocycles. The Labute approximate surface area is 106 Å². The van der Waals surface area contributed by atoms with Gasteiger partial charge in [0.05, 0.1) is 0 Å². The van der Waals surface area contributed by atoms with Gasteiger partial charge in [-0.15, -0.1) is 11.3 Å². The minimum absolute atomic E-state index is 0.222. The van der Waals surface area contributed by atoms with Gasteiger partial charge in [0.15, 0.2) is 5.78 Å². The lowest BCUT2D eigenvalue weighted by molar-refractivity contribution is 0.0844. The van der Waals surface area contributed by atoms with Crippen LogP contribution in [0.25, 0.3) is 0 Å². The van der Waals surface area contributed by atoms with Gasteiger partial charge in [0, 0.05) is 22.4 Å². The highest BCUT2D eigenvalue weighted by atomic mass is 32.1. The maximum absolute atomic E-state index is 12.5. The number of ketones is 1. The maximum atomic E-state index is 12.5. The molecular formula is C14H19NOS. The lowest BCUT2D eigenvalue weighted by Crippen LogP contribution is -2.46. The van der Waals surface area contributed by atoms with Gasteiger partial charge < -0.3 is 5.32 Å². The van der Waals surface area contributed by atoms with E-state index in [2.05, 4.69) is 17.6 Å². The number of hydrogen-bond acceptors (Lipinski definition) is 3. The zero-order valence-electron chi connectivity index (χ0n) is 10.2. The molecule has 0 radical (unpaired) electrons. The van der Waals surface area contributed by atoms with Gasteiger partial charge in [0.1, 0.15) is 0 Å². The van der Waals surface area contributed by atoms with Crippen LogP contribution in [0.4, 0.5) is 0 Å². The van der Waals surface area contributed by atoms with Gasteiger partial charge in [0.2, 0.25) is 0 Å².